The van der Waals surface area contributed by atoms with Crippen LogP contribution in [-0.4, -0.2) is 22.1 Å². The lowest BCUT2D eigenvalue weighted by atomic mass is 10.1. The first-order valence-corrected chi connectivity index (χ1v) is 7.89. The molecular formula is C14H11NO4S2. The molecule has 2 rings (SSSR count). The van der Waals surface area contributed by atoms with Crippen molar-refractivity contribution in [3.05, 3.63) is 57.0 Å². The molecule has 0 saturated heterocycles. The third kappa shape index (κ3) is 3.71. The number of carbonyl (C=O) groups is 1. The van der Waals surface area contributed by atoms with Gasteiger partial charge in [-0.1, -0.05) is 0 Å². The molecule has 0 atom stereocenters. The highest BCUT2D eigenvalue weighted by Gasteiger charge is 2.15. The van der Waals surface area contributed by atoms with Crippen LogP contribution in [0.1, 0.15) is 15.2 Å². The van der Waals surface area contributed by atoms with Crippen molar-refractivity contribution in [1.82, 2.24) is 0 Å². The molecule has 7 heteroatoms. The van der Waals surface area contributed by atoms with E-state index in [1.165, 1.54) is 12.1 Å². The molecule has 1 aromatic carbocycles. The molecule has 0 amide bonds. The zero-order valence-electron chi connectivity index (χ0n) is 11.0. The number of phenols is 1. The van der Waals surface area contributed by atoms with Gasteiger partial charge in [0, 0.05) is 16.5 Å². The van der Waals surface area contributed by atoms with Gasteiger partial charge in [-0.3, -0.25) is 14.9 Å². The van der Waals surface area contributed by atoms with Gasteiger partial charge in [-0.2, -0.15) is 0 Å². The number of rotatable bonds is 5. The van der Waals surface area contributed by atoms with E-state index < -0.39 is 16.4 Å². The van der Waals surface area contributed by atoms with Crippen LogP contribution in [0.15, 0.2) is 40.6 Å². The fourth-order valence-electron chi connectivity index (χ4n) is 1.61. The Bertz CT molecular complexity index is 722. The summed E-state index contributed by atoms with van der Waals surface area (Å²) in [6.45, 7) is 0. The monoisotopic (exact) mass is 321 g/mol. The van der Waals surface area contributed by atoms with Crippen LogP contribution in [-0.2, 0) is 0 Å². The van der Waals surface area contributed by atoms with Crippen LogP contribution in [0.4, 0.5) is 5.69 Å². The Kier molecular flexibility index (Phi) is 4.77. The highest BCUT2D eigenvalue weighted by molar-refractivity contribution is 8.00. The Balaban J connectivity index is 2.20. The molecule has 0 bridgehead atoms. The van der Waals surface area contributed by atoms with Gasteiger partial charge in [0.15, 0.2) is 11.5 Å². The largest absolute Gasteiger partial charge is 0.502 e. The molecule has 1 N–H and O–H groups in total. The molecule has 1 aromatic heterocycles. The highest BCUT2D eigenvalue weighted by Crippen LogP contribution is 2.28. The first kappa shape index (κ1) is 15.3. The Morgan fingerprint density at radius 1 is 1.38 bits per heavy atom. The summed E-state index contributed by atoms with van der Waals surface area (Å²) in [5, 5.41) is 20.1. The fourth-order valence-corrected chi connectivity index (χ4v) is 3.08. The van der Waals surface area contributed by atoms with E-state index in [1.54, 1.807) is 29.2 Å². The van der Waals surface area contributed by atoms with E-state index in [0.717, 1.165) is 21.2 Å². The lowest BCUT2D eigenvalue weighted by molar-refractivity contribution is -0.385. The van der Waals surface area contributed by atoms with Gasteiger partial charge in [0.05, 0.1) is 9.13 Å². The van der Waals surface area contributed by atoms with Crippen molar-refractivity contribution in [2.45, 2.75) is 4.21 Å². The number of nitro groups is 1. The minimum absolute atomic E-state index is 0.164. The van der Waals surface area contributed by atoms with E-state index in [9.17, 15) is 20.0 Å². The number of carbonyl (C=O) groups excluding carboxylic acids is 1. The first-order chi connectivity index (χ1) is 10.0. The summed E-state index contributed by atoms with van der Waals surface area (Å²) in [7, 11) is 0. The summed E-state index contributed by atoms with van der Waals surface area (Å²) in [5.74, 6) is -0.805. The van der Waals surface area contributed by atoms with Crippen LogP contribution in [0.3, 0.4) is 0 Å². The molecule has 0 unspecified atom stereocenters. The quantitative estimate of drug-likeness (QED) is 0.296. The molecule has 0 aliphatic rings. The van der Waals surface area contributed by atoms with E-state index >= 15 is 0 Å². The Labute approximate surface area is 129 Å². The number of nitro benzene ring substituents is 1. The predicted octanol–water partition coefficient (Wildman–Crippen LogP) is 3.98. The van der Waals surface area contributed by atoms with Crippen LogP contribution < -0.4 is 0 Å². The van der Waals surface area contributed by atoms with Crippen molar-refractivity contribution in [2.24, 2.45) is 0 Å². The molecular weight excluding hydrogens is 310 g/mol. The van der Waals surface area contributed by atoms with Crippen LogP contribution in [0.2, 0.25) is 0 Å². The number of benzene rings is 1. The Hall–Kier alpha value is -2.12. The van der Waals surface area contributed by atoms with Gasteiger partial charge in [-0.05, 0) is 42.7 Å². The van der Waals surface area contributed by atoms with Gasteiger partial charge >= 0.3 is 5.69 Å². The zero-order valence-corrected chi connectivity index (χ0v) is 12.6. The summed E-state index contributed by atoms with van der Waals surface area (Å²) in [6, 6.07) is 7.45. The lowest BCUT2D eigenvalue weighted by Crippen LogP contribution is -1.96. The van der Waals surface area contributed by atoms with Gasteiger partial charge < -0.3 is 5.11 Å². The number of ketones is 1. The molecule has 0 radical (unpaired) electrons. The van der Waals surface area contributed by atoms with Gasteiger partial charge in [-0.25, -0.2) is 0 Å². The number of thiophene rings is 1. The topological polar surface area (TPSA) is 80.4 Å². The van der Waals surface area contributed by atoms with Crippen molar-refractivity contribution in [2.75, 3.05) is 6.26 Å². The number of aromatic hydroxyl groups is 1. The molecule has 0 spiro atoms. The maximum absolute atomic E-state index is 12.0. The smallest absolute Gasteiger partial charge is 0.311 e. The number of hydrogen-bond acceptors (Lipinski definition) is 6. The first-order valence-electron chi connectivity index (χ1n) is 5.85. The average molecular weight is 321 g/mol. The van der Waals surface area contributed by atoms with Crippen molar-refractivity contribution >= 4 is 40.6 Å². The zero-order chi connectivity index (χ0) is 15.4. The number of hydrogen-bond donors (Lipinski definition) is 1. The number of allylic oxidation sites excluding steroid dienone is 1. The molecule has 5 nitrogen and oxygen atoms in total. The number of nitrogens with zero attached hydrogens (tertiary/aromatic N) is 1. The van der Waals surface area contributed by atoms with E-state index in [-0.39, 0.29) is 11.3 Å². The summed E-state index contributed by atoms with van der Waals surface area (Å²) >= 11 is 3.18. The third-order valence-electron chi connectivity index (χ3n) is 2.66. The SMILES string of the molecule is CSc1ccc(C=CC(=O)c2ccc(O)c([N+](=O)[O-])c2)s1. The van der Waals surface area contributed by atoms with Crippen LogP contribution in [0.25, 0.3) is 6.08 Å². The van der Waals surface area contributed by atoms with E-state index in [1.807, 2.05) is 18.4 Å². The second-order valence-electron chi connectivity index (χ2n) is 4.02. The molecule has 2 aromatic rings. The molecule has 0 saturated carbocycles. The predicted molar refractivity (Wildman–Crippen MR) is 84.2 cm³/mol. The summed E-state index contributed by atoms with van der Waals surface area (Å²) in [5.41, 5.74) is -0.313. The van der Waals surface area contributed by atoms with Gasteiger partial charge in [-0.15, -0.1) is 23.1 Å². The van der Waals surface area contributed by atoms with E-state index in [0.29, 0.717) is 0 Å². The Morgan fingerprint density at radius 2 is 2.14 bits per heavy atom. The third-order valence-corrected chi connectivity index (χ3v) is 4.79. The van der Waals surface area contributed by atoms with Gasteiger partial charge in [0.25, 0.3) is 0 Å². The average Bonchev–Trinajstić information content (AvgIpc) is 2.93. The minimum Gasteiger partial charge on any atom is -0.502 e. The molecule has 0 aliphatic heterocycles. The van der Waals surface area contributed by atoms with Crippen LogP contribution in [0.5, 0.6) is 5.75 Å². The molecule has 108 valence electrons. The molecule has 21 heavy (non-hydrogen) atoms. The second kappa shape index (κ2) is 6.55. The summed E-state index contributed by atoms with van der Waals surface area (Å²) < 4.78 is 1.14. The lowest BCUT2D eigenvalue weighted by Gasteiger charge is -1.98. The molecule has 0 aliphatic carbocycles. The highest BCUT2D eigenvalue weighted by atomic mass is 32.2. The summed E-state index contributed by atoms with van der Waals surface area (Å²) in [4.78, 5) is 22.9. The standard InChI is InChI=1S/C14H11NO4S2/c1-20-14-7-4-10(21-14)3-6-12(16)9-2-5-13(17)11(8-9)15(18)19/h2-8,17H,1H3. The van der Waals surface area contributed by atoms with Gasteiger partial charge in [0.1, 0.15) is 0 Å². The van der Waals surface area contributed by atoms with Crippen molar-refractivity contribution in [3.63, 3.8) is 0 Å². The summed E-state index contributed by atoms with van der Waals surface area (Å²) in [6.07, 6.45) is 5.01. The fraction of sp³-hybridized carbons (Fsp3) is 0.0714. The van der Waals surface area contributed by atoms with E-state index in [2.05, 4.69) is 0 Å². The van der Waals surface area contributed by atoms with Crippen molar-refractivity contribution < 1.29 is 14.8 Å². The molecule has 1 heterocycles. The van der Waals surface area contributed by atoms with Crippen molar-refractivity contribution in [1.29, 1.82) is 0 Å². The van der Waals surface area contributed by atoms with Crippen LogP contribution in [0, 0.1) is 10.1 Å². The van der Waals surface area contributed by atoms with Gasteiger partial charge in [0.2, 0.25) is 0 Å². The minimum atomic E-state index is -0.722. The molecule has 0 fully saturated rings. The normalized spacial score (nSPS) is 10.9. The maximum atomic E-state index is 12.0. The number of thioether (sulfide) groups is 1. The van der Waals surface area contributed by atoms with Crippen LogP contribution >= 0.6 is 23.1 Å². The second-order valence-corrected chi connectivity index (χ2v) is 6.24. The Morgan fingerprint density at radius 3 is 2.76 bits per heavy atom. The maximum Gasteiger partial charge on any atom is 0.311 e. The van der Waals surface area contributed by atoms with E-state index in [4.69, 9.17) is 0 Å². The van der Waals surface area contributed by atoms with Crippen molar-refractivity contribution in [3.8, 4) is 5.75 Å². The number of phenolic OH excluding ortho intramolecular Hbond substituents is 1.